The topological polar surface area (TPSA) is 39.1 Å². The summed E-state index contributed by atoms with van der Waals surface area (Å²) in [4.78, 5) is 4.82. The summed E-state index contributed by atoms with van der Waals surface area (Å²) >= 11 is 6.05. The first-order valence-corrected chi connectivity index (χ1v) is 7.61. The van der Waals surface area contributed by atoms with Gasteiger partial charge >= 0.3 is 0 Å². The largest absolute Gasteiger partial charge is 0.411 e. The molecule has 2 aliphatic rings. The zero-order chi connectivity index (χ0) is 13.9. The third-order valence-corrected chi connectivity index (χ3v) is 4.59. The van der Waals surface area contributed by atoms with Gasteiger partial charge in [-0.25, -0.2) is 0 Å². The van der Waals surface area contributed by atoms with Crippen molar-refractivity contribution in [1.82, 2.24) is 4.90 Å². The summed E-state index contributed by atoms with van der Waals surface area (Å²) in [6, 6.07) is 8.38. The Balaban J connectivity index is 1.62. The normalized spacial score (nSPS) is 26.4. The Kier molecular flexibility index (Phi) is 4.13. The Bertz CT molecular complexity index is 498. The molecule has 1 N–H and O–H groups in total. The van der Waals surface area contributed by atoms with E-state index in [1.54, 1.807) is 0 Å². The summed E-state index contributed by atoms with van der Waals surface area (Å²) < 4.78 is 0. The van der Waals surface area contributed by atoms with E-state index in [9.17, 15) is 0 Å². The van der Waals surface area contributed by atoms with E-state index >= 15 is 0 Å². The van der Waals surface area contributed by atoms with Crippen molar-refractivity contribution >= 4 is 23.0 Å². The zero-order valence-corrected chi connectivity index (χ0v) is 12.3. The first-order valence-electron chi connectivity index (χ1n) is 7.23. The van der Waals surface area contributed by atoms with Crippen molar-refractivity contribution < 1.29 is 5.21 Å². The van der Waals surface area contributed by atoms with Gasteiger partial charge in [-0.05, 0) is 37.5 Å². The van der Waals surface area contributed by atoms with Crippen LogP contribution in [0.5, 0.6) is 0 Å². The average molecular weight is 294 g/mol. The molecule has 0 spiro atoms. The van der Waals surface area contributed by atoms with E-state index in [0.717, 1.165) is 56.2 Å². The molecule has 0 aromatic heterocycles. The highest BCUT2D eigenvalue weighted by molar-refractivity contribution is 6.30. The third-order valence-electron chi connectivity index (χ3n) is 4.35. The summed E-state index contributed by atoms with van der Waals surface area (Å²) in [5.41, 5.74) is 2.15. The van der Waals surface area contributed by atoms with Crippen LogP contribution in [0.25, 0.3) is 0 Å². The highest BCUT2D eigenvalue weighted by atomic mass is 35.5. The van der Waals surface area contributed by atoms with Crippen LogP contribution in [0.3, 0.4) is 0 Å². The van der Waals surface area contributed by atoms with Crippen LogP contribution in [0.15, 0.2) is 29.4 Å². The fourth-order valence-electron chi connectivity index (χ4n) is 3.28. The molecule has 1 aliphatic heterocycles. The van der Waals surface area contributed by atoms with Gasteiger partial charge in [-0.2, -0.15) is 0 Å². The first kappa shape index (κ1) is 13.7. The van der Waals surface area contributed by atoms with Crippen molar-refractivity contribution in [3.05, 3.63) is 29.3 Å². The van der Waals surface area contributed by atoms with Crippen LogP contribution in [0, 0.1) is 0 Å². The van der Waals surface area contributed by atoms with Gasteiger partial charge in [0.1, 0.15) is 0 Å². The fourth-order valence-corrected chi connectivity index (χ4v) is 3.47. The summed E-state index contributed by atoms with van der Waals surface area (Å²) in [5, 5.41) is 13.3. The molecule has 1 saturated carbocycles. The fraction of sp³-hybridized carbons (Fsp3) is 0.533. The van der Waals surface area contributed by atoms with E-state index in [1.165, 1.54) is 5.69 Å². The van der Waals surface area contributed by atoms with Crippen LogP contribution in [0.1, 0.15) is 19.3 Å². The smallest absolute Gasteiger partial charge is 0.0742 e. The predicted octanol–water partition coefficient (Wildman–Crippen LogP) is 2.84. The molecule has 1 saturated heterocycles. The molecule has 1 atom stereocenters. The Morgan fingerprint density at radius 2 is 2.00 bits per heavy atom. The lowest BCUT2D eigenvalue weighted by Crippen LogP contribution is -2.51. The molecule has 0 amide bonds. The summed E-state index contributed by atoms with van der Waals surface area (Å²) in [6.07, 6.45) is 3.20. The number of hydrogen-bond donors (Lipinski definition) is 1. The number of nitrogens with zero attached hydrogens (tertiary/aromatic N) is 3. The molecule has 1 aliphatic carbocycles. The Morgan fingerprint density at radius 3 is 2.70 bits per heavy atom. The minimum atomic E-state index is 0.349. The van der Waals surface area contributed by atoms with Gasteiger partial charge in [0.15, 0.2) is 0 Å². The standard InChI is InChI=1S/C15H20ClN3O/c16-12-3-1-4-13(11-12)18-7-9-19(10-8-18)15-6-2-5-14(15)17-20/h1,3-4,11,15,20H,2,5-10H2/b17-14-. The van der Waals surface area contributed by atoms with Gasteiger partial charge in [0.05, 0.1) is 11.8 Å². The Hall–Kier alpha value is -1.26. The number of hydrogen-bond acceptors (Lipinski definition) is 4. The quantitative estimate of drug-likeness (QED) is 0.673. The lowest BCUT2D eigenvalue weighted by atomic mass is 10.1. The number of halogens is 1. The van der Waals surface area contributed by atoms with E-state index in [1.807, 2.05) is 18.2 Å². The lowest BCUT2D eigenvalue weighted by Gasteiger charge is -2.39. The summed E-state index contributed by atoms with van der Waals surface area (Å²) in [6.45, 7) is 4.01. The maximum atomic E-state index is 9.06. The zero-order valence-electron chi connectivity index (χ0n) is 11.5. The van der Waals surface area contributed by atoms with Crippen LogP contribution in [-0.4, -0.2) is 48.0 Å². The van der Waals surface area contributed by atoms with Crippen molar-refractivity contribution in [2.75, 3.05) is 31.1 Å². The van der Waals surface area contributed by atoms with Crippen molar-refractivity contribution in [1.29, 1.82) is 0 Å². The Morgan fingerprint density at radius 1 is 1.20 bits per heavy atom. The molecule has 2 fully saturated rings. The van der Waals surface area contributed by atoms with Gasteiger partial charge in [-0.15, -0.1) is 0 Å². The Labute approximate surface area is 124 Å². The second-order valence-electron chi connectivity index (χ2n) is 5.50. The van der Waals surface area contributed by atoms with Gasteiger partial charge in [0.25, 0.3) is 0 Å². The molecule has 1 unspecified atom stereocenters. The van der Waals surface area contributed by atoms with Gasteiger partial charge in [-0.1, -0.05) is 22.8 Å². The molecule has 3 rings (SSSR count). The van der Waals surface area contributed by atoms with E-state index in [4.69, 9.17) is 16.8 Å². The van der Waals surface area contributed by atoms with Gasteiger partial charge in [0.2, 0.25) is 0 Å². The summed E-state index contributed by atoms with van der Waals surface area (Å²) in [7, 11) is 0. The number of benzene rings is 1. The molecule has 5 heteroatoms. The van der Waals surface area contributed by atoms with E-state index < -0.39 is 0 Å². The summed E-state index contributed by atoms with van der Waals surface area (Å²) in [5.74, 6) is 0. The maximum Gasteiger partial charge on any atom is 0.0742 e. The second-order valence-corrected chi connectivity index (χ2v) is 5.94. The number of anilines is 1. The van der Waals surface area contributed by atoms with Gasteiger partial charge < -0.3 is 10.1 Å². The highest BCUT2D eigenvalue weighted by Gasteiger charge is 2.31. The van der Waals surface area contributed by atoms with Crippen molar-refractivity contribution in [2.24, 2.45) is 5.16 Å². The van der Waals surface area contributed by atoms with Crippen molar-refractivity contribution in [2.45, 2.75) is 25.3 Å². The molecule has 1 aromatic carbocycles. The molecule has 1 heterocycles. The van der Waals surface area contributed by atoms with Crippen LogP contribution >= 0.6 is 11.6 Å². The first-order chi connectivity index (χ1) is 9.78. The second kappa shape index (κ2) is 6.02. The number of oxime groups is 1. The molecular formula is C15H20ClN3O. The van der Waals surface area contributed by atoms with E-state index in [2.05, 4.69) is 21.0 Å². The highest BCUT2D eigenvalue weighted by Crippen LogP contribution is 2.25. The molecular weight excluding hydrogens is 274 g/mol. The van der Waals surface area contributed by atoms with E-state index in [-0.39, 0.29) is 0 Å². The molecule has 1 aromatic rings. The monoisotopic (exact) mass is 293 g/mol. The number of piperazine rings is 1. The van der Waals surface area contributed by atoms with Crippen molar-refractivity contribution in [3.63, 3.8) is 0 Å². The van der Waals surface area contributed by atoms with Crippen LogP contribution in [-0.2, 0) is 0 Å². The molecule has 0 radical (unpaired) electrons. The van der Waals surface area contributed by atoms with Crippen LogP contribution < -0.4 is 4.90 Å². The average Bonchev–Trinajstić information content (AvgIpc) is 2.96. The van der Waals surface area contributed by atoms with E-state index in [0.29, 0.717) is 6.04 Å². The van der Waals surface area contributed by atoms with Gasteiger partial charge in [0, 0.05) is 36.9 Å². The van der Waals surface area contributed by atoms with Crippen LogP contribution in [0.4, 0.5) is 5.69 Å². The van der Waals surface area contributed by atoms with Crippen molar-refractivity contribution in [3.8, 4) is 0 Å². The predicted molar refractivity (Wildman–Crippen MR) is 82.1 cm³/mol. The van der Waals surface area contributed by atoms with Crippen LogP contribution in [0.2, 0.25) is 5.02 Å². The molecule has 4 nitrogen and oxygen atoms in total. The number of rotatable bonds is 2. The minimum absolute atomic E-state index is 0.349. The molecule has 108 valence electrons. The third kappa shape index (κ3) is 2.76. The van der Waals surface area contributed by atoms with Gasteiger partial charge in [-0.3, -0.25) is 4.90 Å². The SMILES string of the molecule is O/N=C1/CCCC1N1CCN(c2cccc(Cl)c2)CC1. The minimum Gasteiger partial charge on any atom is -0.411 e. The molecule has 20 heavy (non-hydrogen) atoms. The molecule has 0 bridgehead atoms. The lowest BCUT2D eigenvalue weighted by molar-refractivity contribution is 0.221. The maximum absolute atomic E-state index is 9.06.